The quantitative estimate of drug-likeness (QED) is 0.744. The van der Waals surface area contributed by atoms with E-state index in [0.29, 0.717) is 22.9 Å². The van der Waals surface area contributed by atoms with Gasteiger partial charge in [0.15, 0.2) is 5.82 Å². The van der Waals surface area contributed by atoms with Crippen LogP contribution in [0.1, 0.15) is 25.1 Å². The first kappa shape index (κ1) is 14.9. The van der Waals surface area contributed by atoms with Crippen molar-refractivity contribution in [3.8, 4) is 0 Å². The number of hydrogen-bond acceptors (Lipinski definition) is 6. The van der Waals surface area contributed by atoms with Gasteiger partial charge < -0.3 is 14.7 Å². The molecule has 0 saturated carbocycles. The Balaban J connectivity index is 1.62. The zero-order valence-corrected chi connectivity index (χ0v) is 12.9. The molecule has 2 heterocycles. The summed E-state index contributed by atoms with van der Waals surface area (Å²) in [5.74, 6) is 1.07. The topological polar surface area (TPSA) is 113 Å². The van der Waals surface area contributed by atoms with Crippen LogP contribution in [0.3, 0.4) is 0 Å². The van der Waals surface area contributed by atoms with Crippen molar-refractivity contribution in [1.82, 2.24) is 30.5 Å². The van der Waals surface area contributed by atoms with Crippen molar-refractivity contribution in [2.24, 2.45) is 0 Å². The largest absolute Gasteiger partial charge is 0.337 e. The van der Waals surface area contributed by atoms with Gasteiger partial charge in [-0.05, 0) is 24.6 Å². The van der Waals surface area contributed by atoms with Gasteiger partial charge in [-0.1, -0.05) is 12.1 Å². The minimum atomic E-state index is -0.275. The van der Waals surface area contributed by atoms with Gasteiger partial charge in [0.1, 0.15) is 17.6 Å². The summed E-state index contributed by atoms with van der Waals surface area (Å²) in [7, 11) is 1.66. The lowest BCUT2D eigenvalue weighted by molar-refractivity contribution is 0.213. The monoisotopic (exact) mass is 315 g/mol. The standard InChI is InChI=1S/C14H17N7O2/c1-3-4-12-16-13(23-19-12)8-21(2)14(22)15-9-5-6-10-11(7-9)18-20-17-10/h5-7H,3-4,8H2,1-2H3,(H,15,22)(H,17,18,20). The average Bonchev–Trinajstić information content (AvgIpc) is 3.16. The second-order valence-corrected chi connectivity index (χ2v) is 5.17. The Bertz CT molecular complexity index is 810. The first-order chi connectivity index (χ1) is 11.2. The van der Waals surface area contributed by atoms with Gasteiger partial charge in [0.05, 0.1) is 0 Å². The second-order valence-electron chi connectivity index (χ2n) is 5.17. The molecule has 3 aromatic rings. The van der Waals surface area contributed by atoms with Crippen LogP contribution in [0.4, 0.5) is 10.5 Å². The van der Waals surface area contributed by atoms with E-state index in [2.05, 4.69) is 30.9 Å². The molecule has 0 unspecified atom stereocenters. The highest BCUT2D eigenvalue weighted by Crippen LogP contribution is 2.15. The van der Waals surface area contributed by atoms with Crippen LogP contribution in [0.15, 0.2) is 22.7 Å². The van der Waals surface area contributed by atoms with E-state index in [0.717, 1.165) is 18.4 Å². The highest BCUT2D eigenvalue weighted by molar-refractivity contribution is 5.91. The van der Waals surface area contributed by atoms with Gasteiger partial charge in [0.25, 0.3) is 0 Å². The maximum atomic E-state index is 12.2. The molecule has 0 spiro atoms. The molecule has 9 heteroatoms. The van der Waals surface area contributed by atoms with E-state index in [9.17, 15) is 4.79 Å². The number of nitrogens with zero attached hydrogens (tertiary/aromatic N) is 5. The van der Waals surface area contributed by atoms with Crippen molar-refractivity contribution in [3.63, 3.8) is 0 Å². The summed E-state index contributed by atoms with van der Waals surface area (Å²) in [5, 5.41) is 17.1. The fraction of sp³-hybridized carbons (Fsp3) is 0.357. The number of benzene rings is 1. The molecule has 2 N–H and O–H groups in total. The highest BCUT2D eigenvalue weighted by Gasteiger charge is 2.14. The summed E-state index contributed by atoms with van der Waals surface area (Å²) in [6.07, 6.45) is 1.71. The van der Waals surface area contributed by atoms with Crippen LogP contribution in [0.2, 0.25) is 0 Å². The molecule has 0 radical (unpaired) electrons. The number of H-pyrrole nitrogens is 1. The summed E-state index contributed by atoms with van der Waals surface area (Å²) in [6, 6.07) is 5.02. The maximum absolute atomic E-state index is 12.2. The van der Waals surface area contributed by atoms with Gasteiger partial charge in [0.2, 0.25) is 5.89 Å². The lowest BCUT2D eigenvalue weighted by atomic mass is 10.3. The zero-order valence-electron chi connectivity index (χ0n) is 12.9. The number of carbonyl (C=O) groups excluding carboxylic acids is 1. The fourth-order valence-corrected chi connectivity index (χ4v) is 2.09. The molecule has 1 aromatic carbocycles. The number of urea groups is 1. The SMILES string of the molecule is CCCc1noc(CN(C)C(=O)Nc2ccc3n[nH]nc3c2)n1. The molecule has 0 saturated heterocycles. The van der Waals surface area contributed by atoms with Crippen LogP contribution in [-0.2, 0) is 13.0 Å². The maximum Gasteiger partial charge on any atom is 0.322 e. The van der Waals surface area contributed by atoms with Gasteiger partial charge in [-0.15, -0.1) is 0 Å². The number of aryl methyl sites for hydroxylation is 1. The molecule has 23 heavy (non-hydrogen) atoms. The van der Waals surface area contributed by atoms with Crippen LogP contribution >= 0.6 is 0 Å². The Hall–Kier alpha value is -2.97. The number of nitrogens with one attached hydrogen (secondary N) is 2. The van der Waals surface area contributed by atoms with Crippen LogP contribution in [0.5, 0.6) is 0 Å². The third-order valence-corrected chi connectivity index (χ3v) is 3.27. The Labute approximate surface area is 132 Å². The molecule has 0 aliphatic rings. The molecule has 0 aliphatic heterocycles. The summed E-state index contributed by atoms with van der Waals surface area (Å²) in [5.41, 5.74) is 2.07. The molecule has 0 bridgehead atoms. The van der Waals surface area contributed by atoms with Crippen LogP contribution in [-0.4, -0.2) is 43.5 Å². The van der Waals surface area contributed by atoms with Crippen molar-refractivity contribution in [2.45, 2.75) is 26.3 Å². The average molecular weight is 315 g/mol. The van der Waals surface area contributed by atoms with Crippen LogP contribution in [0, 0.1) is 0 Å². The molecular weight excluding hydrogens is 298 g/mol. The molecule has 0 fully saturated rings. The van der Waals surface area contributed by atoms with Gasteiger partial charge in [-0.3, -0.25) is 0 Å². The van der Waals surface area contributed by atoms with Crippen molar-refractivity contribution in [3.05, 3.63) is 29.9 Å². The summed E-state index contributed by atoms with van der Waals surface area (Å²) in [6.45, 7) is 2.29. The minimum Gasteiger partial charge on any atom is -0.337 e. The summed E-state index contributed by atoms with van der Waals surface area (Å²) in [4.78, 5) is 17.9. The lowest BCUT2D eigenvalue weighted by Gasteiger charge is -2.15. The van der Waals surface area contributed by atoms with E-state index in [-0.39, 0.29) is 12.6 Å². The van der Waals surface area contributed by atoms with Crippen molar-refractivity contribution >= 4 is 22.8 Å². The Kier molecular flexibility index (Phi) is 4.18. The lowest BCUT2D eigenvalue weighted by Crippen LogP contribution is -2.30. The number of anilines is 1. The van der Waals surface area contributed by atoms with E-state index in [1.165, 1.54) is 4.90 Å². The molecule has 120 valence electrons. The zero-order chi connectivity index (χ0) is 16.2. The highest BCUT2D eigenvalue weighted by atomic mass is 16.5. The predicted octanol–water partition coefficient (Wildman–Crippen LogP) is 1.96. The molecule has 2 amide bonds. The summed E-state index contributed by atoms with van der Waals surface area (Å²) < 4.78 is 5.13. The summed E-state index contributed by atoms with van der Waals surface area (Å²) >= 11 is 0. The first-order valence-corrected chi connectivity index (χ1v) is 7.30. The fourth-order valence-electron chi connectivity index (χ4n) is 2.09. The Morgan fingerprint density at radius 2 is 2.17 bits per heavy atom. The van der Waals surface area contributed by atoms with E-state index in [1.54, 1.807) is 25.2 Å². The Morgan fingerprint density at radius 1 is 1.35 bits per heavy atom. The Morgan fingerprint density at radius 3 is 3.00 bits per heavy atom. The van der Waals surface area contributed by atoms with Crippen molar-refractivity contribution in [2.75, 3.05) is 12.4 Å². The predicted molar refractivity (Wildman–Crippen MR) is 82.7 cm³/mol. The van der Waals surface area contributed by atoms with Crippen LogP contribution < -0.4 is 5.32 Å². The second kappa shape index (κ2) is 6.42. The molecule has 0 aliphatic carbocycles. The number of hydrogen-bond donors (Lipinski definition) is 2. The third-order valence-electron chi connectivity index (χ3n) is 3.27. The number of rotatable bonds is 5. The molecule has 2 aromatic heterocycles. The van der Waals surface area contributed by atoms with Gasteiger partial charge in [-0.2, -0.15) is 20.4 Å². The van der Waals surface area contributed by atoms with E-state index in [1.807, 2.05) is 6.92 Å². The number of aromatic amines is 1. The van der Waals surface area contributed by atoms with Gasteiger partial charge in [0, 0.05) is 19.2 Å². The normalized spacial score (nSPS) is 10.9. The molecule has 3 rings (SSSR count). The van der Waals surface area contributed by atoms with Gasteiger partial charge >= 0.3 is 6.03 Å². The number of carbonyl (C=O) groups is 1. The smallest absolute Gasteiger partial charge is 0.322 e. The van der Waals surface area contributed by atoms with Crippen LogP contribution in [0.25, 0.3) is 11.0 Å². The number of aromatic nitrogens is 5. The third kappa shape index (κ3) is 3.44. The number of amides is 2. The van der Waals surface area contributed by atoms with Gasteiger partial charge in [-0.25, -0.2) is 4.79 Å². The number of fused-ring (bicyclic) bond motifs is 1. The first-order valence-electron chi connectivity index (χ1n) is 7.30. The van der Waals surface area contributed by atoms with Crippen molar-refractivity contribution < 1.29 is 9.32 Å². The van der Waals surface area contributed by atoms with Crippen molar-refractivity contribution in [1.29, 1.82) is 0 Å². The van der Waals surface area contributed by atoms with E-state index >= 15 is 0 Å². The molecule has 9 nitrogen and oxygen atoms in total. The minimum absolute atomic E-state index is 0.245. The van der Waals surface area contributed by atoms with E-state index in [4.69, 9.17) is 4.52 Å². The molecule has 0 atom stereocenters. The molecular formula is C14H17N7O2. The van der Waals surface area contributed by atoms with E-state index < -0.39 is 0 Å².